The number of benzene rings is 1. The standard InChI is InChI=1S/C12H10N2O/c13-12-7-14-10(8-15)6-11(12)9-4-2-1-3-5-9/h1-8H,13H2. The van der Waals surface area contributed by atoms with E-state index in [0.29, 0.717) is 17.7 Å². The summed E-state index contributed by atoms with van der Waals surface area (Å²) in [5.74, 6) is 0. The zero-order valence-corrected chi connectivity index (χ0v) is 8.05. The van der Waals surface area contributed by atoms with Crippen LogP contribution < -0.4 is 5.73 Å². The van der Waals surface area contributed by atoms with E-state index in [1.54, 1.807) is 6.07 Å². The van der Waals surface area contributed by atoms with Gasteiger partial charge in [-0.15, -0.1) is 0 Å². The minimum Gasteiger partial charge on any atom is -0.397 e. The van der Waals surface area contributed by atoms with Crippen molar-refractivity contribution in [1.82, 2.24) is 4.98 Å². The van der Waals surface area contributed by atoms with Gasteiger partial charge in [0.25, 0.3) is 0 Å². The molecule has 15 heavy (non-hydrogen) atoms. The number of hydrogen-bond donors (Lipinski definition) is 1. The molecule has 3 heteroatoms. The van der Waals surface area contributed by atoms with Crippen LogP contribution in [-0.4, -0.2) is 11.3 Å². The maximum atomic E-state index is 10.6. The molecule has 74 valence electrons. The second-order valence-corrected chi connectivity index (χ2v) is 3.18. The lowest BCUT2D eigenvalue weighted by atomic mass is 10.0. The Kier molecular flexibility index (Phi) is 2.46. The molecule has 0 saturated heterocycles. The van der Waals surface area contributed by atoms with Crippen molar-refractivity contribution in [3.8, 4) is 11.1 Å². The van der Waals surface area contributed by atoms with Gasteiger partial charge in [0.05, 0.1) is 11.9 Å². The molecule has 0 amide bonds. The third-order valence-corrected chi connectivity index (χ3v) is 2.16. The first kappa shape index (κ1) is 9.40. The van der Waals surface area contributed by atoms with Crippen molar-refractivity contribution in [3.63, 3.8) is 0 Å². The Bertz CT molecular complexity index is 480. The minimum absolute atomic E-state index is 0.392. The smallest absolute Gasteiger partial charge is 0.168 e. The van der Waals surface area contributed by atoms with E-state index in [2.05, 4.69) is 4.98 Å². The highest BCUT2D eigenvalue weighted by Gasteiger charge is 2.03. The van der Waals surface area contributed by atoms with Crippen LogP contribution in [0.3, 0.4) is 0 Å². The number of carbonyl (C=O) groups is 1. The second-order valence-electron chi connectivity index (χ2n) is 3.18. The summed E-state index contributed by atoms with van der Waals surface area (Å²) in [6.07, 6.45) is 2.22. The molecule has 0 spiro atoms. The number of nitrogens with two attached hydrogens (primary N) is 1. The van der Waals surface area contributed by atoms with Gasteiger partial charge in [0.1, 0.15) is 5.69 Å². The number of nitrogen functional groups attached to an aromatic ring is 1. The van der Waals surface area contributed by atoms with Gasteiger partial charge in [-0.2, -0.15) is 0 Å². The lowest BCUT2D eigenvalue weighted by molar-refractivity contribution is 0.111. The minimum atomic E-state index is 0.392. The summed E-state index contributed by atoms with van der Waals surface area (Å²) in [4.78, 5) is 14.5. The molecule has 2 N–H and O–H groups in total. The summed E-state index contributed by atoms with van der Waals surface area (Å²) in [6, 6.07) is 11.4. The van der Waals surface area contributed by atoms with E-state index in [1.807, 2.05) is 30.3 Å². The van der Waals surface area contributed by atoms with Gasteiger partial charge in [-0.3, -0.25) is 9.78 Å². The van der Waals surface area contributed by atoms with E-state index in [1.165, 1.54) is 6.20 Å². The summed E-state index contributed by atoms with van der Waals surface area (Å²) in [7, 11) is 0. The van der Waals surface area contributed by atoms with Crippen LogP contribution in [0.2, 0.25) is 0 Å². The van der Waals surface area contributed by atoms with E-state index in [4.69, 9.17) is 5.73 Å². The monoisotopic (exact) mass is 198 g/mol. The quantitative estimate of drug-likeness (QED) is 0.752. The molecule has 1 heterocycles. The molecular formula is C12H10N2O. The van der Waals surface area contributed by atoms with E-state index in [0.717, 1.165) is 11.1 Å². The van der Waals surface area contributed by atoms with Crippen molar-refractivity contribution < 1.29 is 4.79 Å². The number of rotatable bonds is 2. The number of aromatic nitrogens is 1. The molecule has 2 rings (SSSR count). The first-order valence-corrected chi connectivity index (χ1v) is 4.57. The highest BCUT2D eigenvalue weighted by molar-refractivity contribution is 5.81. The predicted molar refractivity (Wildman–Crippen MR) is 59.5 cm³/mol. The van der Waals surface area contributed by atoms with E-state index in [9.17, 15) is 4.79 Å². The molecule has 0 fully saturated rings. The predicted octanol–water partition coefficient (Wildman–Crippen LogP) is 2.14. The van der Waals surface area contributed by atoms with Crippen LogP contribution in [0, 0.1) is 0 Å². The molecule has 1 aromatic carbocycles. The van der Waals surface area contributed by atoms with Crippen molar-refractivity contribution in [1.29, 1.82) is 0 Å². The fraction of sp³-hybridized carbons (Fsp3) is 0. The molecule has 0 aliphatic heterocycles. The molecule has 0 aliphatic carbocycles. The molecule has 0 unspecified atom stereocenters. The Balaban J connectivity index is 2.57. The van der Waals surface area contributed by atoms with Crippen LogP contribution in [-0.2, 0) is 0 Å². The highest BCUT2D eigenvalue weighted by Crippen LogP contribution is 2.24. The lowest BCUT2D eigenvalue weighted by Gasteiger charge is -2.05. The lowest BCUT2D eigenvalue weighted by Crippen LogP contribution is -1.95. The van der Waals surface area contributed by atoms with Gasteiger partial charge in [0.2, 0.25) is 0 Å². The molecule has 0 aliphatic rings. The Morgan fingerprint density at radius 1 is 1.20 bits per heavy atom. The van der Waals surface area contributed by atoms with Gasteiger partial charge in [-0.25, -0.2) is 0 Å². The fourth-order valence-corrected chi connectivity index (χ4v) is 1.41. The molecule has 0 bridgehead atoms. The normalized spacial score (nSPS) is 9.87. The number of carbonyl (C=O) groups excluding carboxylic acids is 1. The Morgan fingerprint density at radius 2 is 1.93 bits per heavy atom. The summed E-state index contributed by atoms with van der Waals surface area (Å²) < 4.78 is 0. The molecule has 0 atom stereocenters. The second kappa shape index (κ2) is 3.92. The average Bonchev–Trinajstić information content (AvgIpc) is 2.31. The molecule has 0 radical (unpaired) electrons. The van der Waals surface area contributed by atoms with Crippen molar-refractivity contribution in [2.45, 2.75) is 0 Å². The Hall–Kier alpha value is -2.16. The van der Waals surface area contributed by atoms with Crippen LogP contribution in [0.15, 0.2) is 42.6 Å². The van der Waals surface area contributed by atoms with Gasteiger partial charge in [0, 0.05) is 5.56 Å². The van der Waals surface area contributed by atoms with Gasteiger partial charge >= 0.3 is 0 Å². The first-order chi connectivity index (χ1) is 7.31. The zero-order chi connectivity index (χ0) is 10.7. The van der Waals surface area contributed by atoms with Crippen LogP contribution in [0.25, 0.3) is 11.1 Å². The van der Waals surface area contributed by atoms with Gasteiger partial charge in [-0.05, 0) is 11.6 Å². The average molecular weight is 198 g/mol. The molecule has 1 aromatic heterocycles. The summed E-state index contributed by atoms with van der Waals surface area (Å²) >= 11 is 0. The van der Waals surface area contributed by atoms with Gasteiger partial charge < -0.3 is 5.73 Å². The Labute approximate surface area is 87.6 Å². The van der Waals surface area contributed by atoms with E-state index >= 15 is 0 Å². The van der Waals surface area contributed by atoms with Crippen LogP contribution in [0.4, 0.5) is 5.69 Å². The van der Waals surface area contributed by atoms with Crippen molar-refractivity contribution in [3.05, 3.63) is 48.3 Å². The molecule has 2 aromatic rings. The third-order valence-electron chi connectivity index (χ3n) is 2.16. The SMILES string of the molecule is Nc1cnc(C=O)cc1-c1ccccc1. The molecule has 0 saturated carbocycles. The number of nitrogens with zero attached hydrogens (tertiary/aromatic N) is 1. The highest BCUT2D eigenvalue weighted by atomic mass is 16.1. The van der Waals surface area contributed by atoms with Crippen molar-refractivity contribution in [2.75, 3.05) is 5.73 Å². The maximum absolute atomic E-state index is 10.6. The molecule has 3 nitrogen and oxygen atoms in total. The van der Waals surface area contributed by atoms with Crippen molar-refractivity contribution in [2.24, 2.45) is 0 Å². The fourth-order valence-electron chi connectivity index (χ4n) is 1.41. The topological polar surface area (TPSA) is 56.0 Å². The first-order valence-electron chi connectivity index (χ1n) is 4.57. The van der Waals surface area contributed by atoms with E-state index in [-0.39, 0.29) is 0 Å². The van der Waals surface area contributed by atoms with Gasteiger partial charge in [0.15, 0.2) is 6.29 Å². The van der Waals surface area contributed by atoms with E-state index < -0.39 is 0 Å². The number of anilines is 1. The largest absolute Gasteiger partial charge is 0.397 e. The zero-order valence-electron chi connectivity index (χ0n) is 8.05. The number of aldehydes is 1. The van der Waals surface area contributed by atoms with Crippen LogP contribution in [0.5, 0.6) is 0 Å². The third kappa shape index (κ3) is 1.86. The summed E-state index contributed by atoms with van der Waals surface area (Å²) in [5, 5.41) is 0. The van der Waals surface area contributed by atoms with Crippen LogP contribution >= 0.6 is 0 Å². The number of hydrogen-bond acceptors (Lipinski definition) is 3. The summed E-state index contributed by atoms with van der Waals surface area (Å²) in [6.45, 7) is 0. The maximum Gasteiger partial charge on any atom is 0.168 e. The Morgan fingerprint density at radius 3 is 2.60 bits per heavy atom. The van der Waals surface area contributed by atoms with Gasteiger partial charge in [-0.1, -0.05) is 30.3 Å². The van der Waals surface area contributed by atoms with Crippen molar-refractivity contribution >= 4 is 12.0 Å². The van der Waals surface area contributed by atoms with Crippen LogP contribution in [0.1, 0.15) is 10.5 Å². The number of pyridine rings is 1. The summed E-state index contributed by atoms with van der Waals surface area (Å²) in [5.41, 5.74) is 8.59. The molecular weight excluding hydrogens is 188 g/mol.